The number of rotatable bonds is 7. The van der Waals surface area contributed by atoms with Crippen molar-refractivity contribution in [1.29, 1.82) is 0 Å². The fourth-order valence-electron chi connectivity index (χ4n) is 3.55. The molecule has 5 nitrogen and oxygen atoms in total. The molecule has 6 heteroatoms. The van der Waals surface area contributed by atoms with Crippen LogP contribution >= 0.6 is 0 Å². The van der Waals surface area contributed by atoms with Crippen LogP contribution in [0.3, 0.4) is 0 Å². The molecule has 0 saturated carbocycles. The minimum Gasteiger partial charge on any atom is -0.350 e. The Labute approximate surface area is 167 Å². The van der Waals surface area contributed by atoms with Gasteiger partial charge in [-0.2, -0.15) is 0 Å². The molecule has 0 aliphatic carbocycles. The quantitative estimate of drug-likeness (QED) is 0.773. The summed E-state index contributed by atoms with van der Waals surface area (Å²) >= 11 is 0. The highest BCUT2D eigenvalue weighted by molar-refractivity contribution is 7.92. The highest BCUT2D eigenvalue weighted by atomic mass is 32.2. The molecule has 1 N–H and O–H groups in total. The normalized spacial score (nSPS) is 16.2. The Morgan fingerprint density at radius 2 is 1.61 bits per heavy atom. The van der Waals surface area contributed by atoms with Crippen LogP contribution in [0.25, 0.3) is 0 Å². The van der Waals surface area contributed by atoms with E-state index < -0.39 is 15.1 Å². The van der Waals surface area contributed by atoms with Crippen LogP contribution in [0.2, 0.25) is 0 Å². The third kappa shape index (κ3) is 4.62. The van der Waals surface area contributed by atoms with Crippen molar-refractivity contribution in [3.8, 4) is 0 Å². The first-order valence-electron chi connectivity index (χ1n) is 9.81. The van der Waals surface area contributed by atoms with Crippen molar-refractivity contribution in [1.82, 2.24) is 10.2 Å². The minimum absolute atomic E-state index is 0.147. The van der Waals surface area contributed by atoms with E-state index in [2.05, 4.69) is 22.3 Å². The lowest BCUT2D eigenvalue weighted by molar-refractivity contribution is 0.0938. The summed E-state index contributed by atoms with van der Waals surface area (Å²) in [6.07, 6.45) is 2.37. The maximum Gasteiger partial charge on any atom is 0.251 e. The Morgan fingerprint density at radius 3 is 2.18 bits per heavy atom. The second-order valence-electron chi connectivity index (χ2n) is 7.50. The lowest BCUT2D eigenvalue weighted by Crippen LogP contribution is -2.36. The Kier molecular flexibility index (Phi) is 6.52. The Bertz CT molecular complexity index is 887. The van der Waals surface area contributed by atoms with E-state index in [1.807, 2.05) is 18.2 Å². The number of sulfone groups is 1. The van der Waals surface area contributed by atoms with Gasteiger partial charge in [-0.05, 0) is 69.6 Å². The van der Waals surface area contributed by atoms with Crippen LogP contribution in [0.15, 0.2) is 59.5 Å². The monoisotopic (exact) mass is 400 g/mol. The van der Waals surface area contributed by atoms with Gasteiger partial charge in [0.15, 0.2) is 9.84 Å². The average Bonchev–Trinajstić information content (AvgIpc) is 3.23. The van der Waals surface area contributed by atoms with Crippen molar-refractivity contribution in [2.75, 3.05) is 19.6 Å². The van der Waals surface area contributed by atoms with E-state index in [1.54, 1.807) is 26.0 Å². The maximum atomic E-state index is 12.6. The molecule has 2 aromatic rings. The number of carbonyl (C=O) groups is 1. The Morgan fingerprint density at radius 1 is 1.00 bits per heavy atom. The highest BCUT2D eigenvalue weighted by Crippen LogP contribution is 2.24. The standard InChI is InChI=1S/C22H28N2O3S/c1-17(2)28(26,27)20-12-10-19(11-13-20)22(25)23-16-21(24-14-6-7-15-24)18-8-4-3-5-9-18/h3-5,8-13,17,21H,6-7,14-16H2,1-2H3,(H,23,25). The van der Waals surface area contributed by atoms with Gasteiger partial charge in [0, 0.05) is 12.1 Å². The summed E-state index contributed by atoms with van der Waals surface area (Å²) in [6.45, 7) is 5.90. The first-order chi connectivity index (χ1) is 13.4. The van der Waals surface area contributed by atoms with Gasteiger partial charge in [0.05, 0.1) is 16.2 Å². The van der Waals surface area contributed by atoms with Crippen molar-refractivity contribution >= 4 is 15.7 Å². The summed E-state index contributed by atoms with van der Waals surface area (Å²) in [5.41, 5.74) is 1.67. The lowest BCUT2D eigenvalue weighted by Gasteiger charge is -2.28. The van der Waals surface area contributed by atoms with Gasteiger partial charge in [-0.3, -0.25) is 9.69 Å². The van der Waals surface area contributed by atoms with Crippen LogP contribution in [-0.2, 0) is 9.84 Å². The molecular weight excluding hydrogens is 372 g/mol. The van der Waals surface area contributed by atoms with Gasteiger partial charge in [0.25, 0.3) is 5.91 Å². The summed E-state index contributed by atoms with van der Waals surface area (Å²) in [5, 5.41) is 2.54. The second-order valence-corrected chi connectivity index (χ2v) is 10.0. The van der Waals surface area contributed by atoms with Gasteiger partial charge < -0.3 is 5.32 Å². The fourth-order valence-corrected chi connectivity index (χ4v) is 4.61. The Balaban J connectivity index is 1.69. The predicted molar refractivity (Wildman–Crippen MR) is 111 cm³/mol. The van der Waals surface area contributed by atoms with Gasteiger partial charge in [0.2, 0.25) is 0 Å². The van der Waals surface area contributed by atoms with Crippen LogP contribution in [0.1, 0.15) is 48.7 Å². The van der Waals surface area contributed by atoms with Crippen molar-refractivity contribution in [3.05, 3.63) is 65.7 Å². The van der Waals surface area contributed by atoms with E-state index in [-0.39, 0.29) is 16.8 Å². The Hall–Kier alpha value is -2.18. The molecule has 1 saturated heterocycles. The van der Waals surface area contributed by atoms with Gasteiger partial charge >= 0.3 is 0 Å². The number of benzene rings is 2. The average molecular weight is 401 g/mol. The molecule has 1 atom stereocenters. The highest BCUT2D eigenvalue weighted by Gasteiger charge is 2.24. The number of hydrogen-bond donors (Lipinski definition) is 1. The molecular formula is C22H28N2O3S. The minimum atomic E-state index is -3.33. The van der Waals surface area contributed by atoms with Gasteiger partial charge in [-0.15, -0.1) is 0 Å². The van der Waals surface area contributed by atoms with E-state index >= 15 is 0 Å². The summed E-state index contributed by atoms with van der Waals surface area (Å²) in [5.74, 6) is -0.186. The second kappa shape index (κ2) is 8.88. The number of nitrogens with one attached hydrogen (secondary N) is 1. The molecule has 0 bridgehead atoms. The molecule has 0 spiro atoms. The van der Waals surface area contributed by atoms with Crippen LogP contribution < -0.4 is 5.32 Å². The van der Waals surface area contributed by atoms with Crippen LogP contribution in [0, 0.1) is 0 Å². The van der Waals surface area contributed by atoms with Crippen LogP contribution in [-0.4, -0.2) is 44.1 Å². The zero-order chi connectivity index (χ0) is 20.1. The van der Waals surface area contributed by atoms with Crippen LogP contribution in [0.5, 0.6) is 0 Å². The zero-order valence-corrected chi connectivity index (χ0v) is 17.3. The van der Waals surface area contributed by atoms with Gasteiger partial charge in [-0.1, -0.05) is 30.3 Å². The van der Waals surface area contributed by atoms with E-state index in [9.17, 15) is 13.2 Å². The van der Waals surface area contributed by atoms with Gasteiger partial charge in [-0.25, -0.2) is 8.42 Å². The number of nitrogens with zero attached hydrogens (tertiary/aromatic N) is 1. The maximum absolute atomic E-state index is 12.6. The summed E-state index contributed by atoms with van der Waals surface area (Å²) in [7, 11) is -3.33. The third-order valence-electron chi connectivity index (χ3n) is 5.29. The zero-order valence-electron chi connectivity index (χ0n) is 16.5. The molecule has 1 aliphatic rings. The topological polar surface area (TPSA) is 66.5 Å². The van der Waals surface area contributed by atoms with Crippen molar-refractivity contribution < 1.29 is 13.2 Å². The molecule has 1 aliphatic heterocycles. The summed E-state index contributed by atoms with van der Waals surface area (Å²) in [4.78, 5) is 15.3. The number of carbonyl (C=O) groups excluding carboxylic acids is 1. The van der Waals surface area contributed by atoms with E-state index in [1.165, 1.54) is 30.5 Å². The van der Waals surface area contributed by atoms with E-state index in [0.29, 0.717) is 12.1 Å². The molecule has 2 aromatic carbocycles. The summed E-state index contributed by atoms with van der Waals surface area (Å²) in [6, 6.07) is 16.6. The molecule has 1 amide bonds. The van der Waals surface area contributed by atoms with Crippen molar-refractivity contribution in [3.63, 3.8) is 0 Å². The smallest absolute Gasteiger partial charge is 0.251 e. The predicted octanol–water partition coefficient (Wildman–Crippen LogP) is 3.44. The number of hydrogen-bond acceptors (Lipinski definition) is 4. The largest absolute Gasteiger partial charge is 0.350 e. The molecule has 1 heterocycles. The van der Waals surface area contributed by atoms with E-state index in [0.717, 1.165) is 13.1 Å². The molecule has 1 fully saturated rings. The molecule has 150 valence electrons. The molecule has 0 radical (unpaired) electrons. The van der Waals surface area contributed by atoms with E-state index in [4.69, 9.17) is 0 Å². The first kappa shape index (κ1) is 20.6. The summed E-state index contributed by atoms with van der Waals surface area (Å²) < 4.78 is 24.5. The number of likely N-dealkylation sites (tertiary alicyclic amines) is 1. The SMILES string of the molecule is CC(C)S(=O)(=O)c1ccc(C(=O)NCC(c2ccccc2)N2CCCC2)cc1. The molecule has 0 aromatic heterocycles. The first-order valence-corrected chi connectivity index (χ1v) is 11.4. The third-order valence-corrected chi connectivity index (χ3v) is 7.46. The van der Waals surface area contributed by atoms with Crippen LogP contribution in [0.4, 0.5) is 0 Å². The molecule has 28 heavy (non-hydrogen) atoms. The lowest BCUT2D eigenvalue weighted by atomic mass is 10.1. The molecule has 3 rings (SSSR count). The van der Waals surface area contributed by atoms with Crippen molar-refractivity contribution in [2.24, 2.45) is 0 Å². The molecule has 1 unspecified atom stereocenters. The van der Waals surface area contributed by atoms with Crippen molar-refractivity contribution in [2.45, 2.75) is 42.9 Å². The fraction of sp³-hybridized carbons (Fsp3) is 0.409. The number of amides is 1. The van der Waals surface area contributed by atoms with Gasteiger partial charge in [0.1, 0.15) is 0 Å².